The number of fused-ring (bicyclic) bond motifs is 2. The van der Waals surface area contributed by atoms with Gasteiger partial charge in [-0.05, 0) is 37.6 Å². The molecule has 9 heteroatoms. The summed E-state index contributed by atoms with van der Waals surface area (Å²) in [6, 6.07) is 7.79. The molecule has 0 amide bonds. The fraction of sp³-hybridized carbons (Fsp3) is 0.235. The molecule has 0 unspecified atom stereocenters. The maximum atomic E-state index is 12.8. The number of sulfonamides is 1. The van der Waals surface area contributed by atoms with Crippen LogP contribution in [0.4, 0.5) is 5.69 Å². The number of rotatable bonds is 4. The van der Waals surface area contributed by atoms with E-state index < -0.39 is 15.8 Å². The van der Waals surface area contributed by atoms with E-state index in [1.165, 1.54) is 10.6 Å². The summed E-state index contributed by atoms with van der Waals surface area (Å²) in [5.41, 5.74) is 1.65. The van der Waals surface area contributed by atoms with Crippen molar-refractivity contribution < 1.29 is 22.3 Å². The normalized spacial score (nSPS) is 13.3. The molecule has 136 valence electrons. The first kappa shape index (κ1) is 16.5. The van der Waals surface area contributed by atoms with E-state index in [1.54, 1.807) is 31.2 Å². The van der Waals surface area contributed by atoms with E-state index in [0.29, 0.717) is 34.8 Å². The van der Waals surface area contributed by atoms with Crippen LogP contribution < -0.4 is 20.0 Å². The van der Waals surface area contributed by atoms with E-state index in [0.717, 1.165) is 0 Å². The van der Waals surface area contributed by atoms with Crippen LogP contribution in [0.5, 0.6) is 11.5 Å². The number of ether oxygens (including phenoxy) is 2. The van der Waals surface area contributed by atoms with E-state index >= 15 is 0 Å². The van der Waals surface area contributed by atoms with Crippen LogP contribution in [0.1, 0.15) is 12.5 Å². The van der Waals surface area contributed by atoms with Crippen LogP contribution in [0, 0.1) is 6.92 Å². The highest BCUT2D eigenvalue weighted by atomic mass is 32.2. The fourth-order valence-electron chi connectivity index (χ4n) is 2.95. The summed E-state index contributed by atoms with van der Waals surface area (Å²) in [4.78, 5) is 11.9. The van der Waals surface area contributed by atoms with Gasteiger partial charge >= 0.3 is 5.76 Å². The summed E-state index contributed by atoms with van der Waals surface area (Å²) in [7, 11) is -3.88. The molecule has 8 nitrogen and oxygen atoms in total. The molecule has 1 aliphatic heterocycles. The molecule has 3 aromatic rings. The number of aryl methyl sites for hydroxylation is 2. The average molecular weight is 376 g/mol. The lowest BCUT2D eigenvalue weighted by Gasteiger charge is -2.11. The molecule has 2 aromatic carbocycles. The Hall–Kier alpha value is -2.94. The number of nitrogens with one attached hydrogen (secondary N) is 1. The molecule has 0 atom stereocenters. The van der Waals surface area contributed by atoms with Crippen LogP contribution in [-0.2, 0) is 16.6 Å². The molecule has 2 heterocycles. The van der Waals surface area contributed by atoms with E-state index in [2.05, 4.69) is 4.72 Å². The van der Waals surface area contributed by atoms with Crippen molar-refractivity contribution in [3.63, 3.8) is 0 Å². The number of oxazole rings is 1. The zero-order chi connectivity index (χ0) is 18.5. The molecule has 0 saturated carbocycles. The van der Waals surface area contributed by atoms with Gasteiger partial charge in [0.25, 0.3) is 10.0 Å². The van der Waals surface area contributed by atoms with Gasteiger partial charge in [0.2, 0.25) is 6.79 Å². The quantitative estimate of drug-likeness (QED) is 0.751. The predicted molar refractivity (Wildman–Crippen MR) is 94.3 cm³/mol. The highest BCUT2D eigenvalue weighted by Crippen LogP contribution is 2.35. The first-order valence-electron chi connectivity index (χ1n) is 7.95. The minimum absolute atomic E-state index is 0.0414. The minimum Gasteiger partial charge on any atom is -0.454 e. The van der Waals surface area contributed by atoms with Crippen LogP contribution >= 0.6 is 0 Å². The highest BCUT2D eigenvalue weighted by Gasteiger charge is 2.22. The number of anilines is 1. The molecule has 0 saturated heterocycles. The molecule has 1 aromatic heterocycles. The van der Waals surface area contributed by atoms with Crippen molar-refractivity contribution >= 4 is 26.8 Å². The van der Waals surface area contributed by atoms with Crippen molar-refractivity contribution in [2.75, 3.05) is 11.5 Å². The topological polar surface area (TPSA) is 99.8 Å². The van der Waals surface area contributed by atoms with E-state index in [4.69, 9.17) is 13.9 Å². The lowest BCUT2D eigenvalue weighted by Crippen LogP contribution is -2.14. The molecule has 1 aliphatic rings. The van der Waals surface area contributed by atoms with Gasteiger partial charge in [-0.15, -0.1) is 0 Å². The average Bonchev–Trinajstić information content (AvgIpc) is 3.16. The predicted octanol–water partition coefficient (Wildman–Crippen LogP) is 2.45. The van der Waals surface area contributed by atoms with Gasteiger partial charge in [0, 0.05) is 18.7 Å². The zero-order valence-electron chi connectivity index (χ0n) is 14.1. The summed E-state index contributed by atoms with van der Waals surface area (Å²) in [6.07, 6.45) is 0. The molecular formula is C17H16N2O6S. The molecule has 1 N–H and O–H groups in total. The summed E-state index contributed by atoms with van der Waals surface area (Å²) in [5.74, 6) is 0.525. The first-order valence-corrected chi connectivity index (χ1v) is 9.44. The zero-order valence-corrected chi connectivity index (χ0v) is 14.9. The first-order chi connectivity index (χ1) is 12.4. The molecule has 0 bridgehead atoms. The van der Waals surface area contributed by atoms with Gasteiger partial charge in [0.15, 0.2) is 17.1 Å². The Balaban J connectivity index is 1.76. The van der Waals surface area contributed by atoms with E-state index in [1.807, 2.05) is 6.92 Å². The van der Waals surface area contributed by atoms with Crippen LogP contribution in [0.3, 0.4) is 0 Å². The van der Waals surface area contributed by atoms with Gasteiger partial charge in [0.05, 0.1) is 16.1 Å². The van der Waals surface area contributed by atoms with Crippen molar-refractivity contribution in [1.29, 1.82) is 0 Å². The molecule has 0 spiro atoms. The summed E-state index contributed by atoms with van der Waals surface area (Å²) in [5, 5.41) is 0. The van der Waals surface area contributed by atoms with Gasteiger partial charge in [-0.2, -0.15) is 0 Å². The third-order valence-corrected chi connectivity index (χ3v) is 5.72. The molecule has 0 aliphatic carbocycles. The number of nitrogens with zero attached hydrogens (tertiary/aromatic N) is 1. The Morgan fingerprint density at radius 3 is 2.69 bits per heavy atom. The van der Waals surface area contributed by atoms with Crippen molar-refractivity contribution in [2.45, 2.75) is 25.3 Å². The Labute approximate surface area is 149 Å². The fourth-order valence-corrected chi connectivity index (χ4v) is 4.25. The van der Waals surface area contributed by atoms with Crippen LogP contribution in [0.2, 0.25) is 0 Å². The van der Waals surface area contributed by atoms with Crippen molar-refractivity contribution in [2.24, 2.45) is 0 Å². The van der Waals surface area contributed by atoms with Crippen molar-refractivity contribution in [3.05, 3.63) is 46.4 Å². The number of hydrogen-bond donors (Lipinski definition) is 1. The lowest BCUT2D eigenvalue weighted by atomic mass is 10.2. The minimum atomic E-state index is -3.88. The number of hydrogen-bond acceptors (Lipinski definition) is 6. The molecule has 0 radical (unpaired) electrons. The molecule has 26 heavy (non-hydrogen) atoms. The lowest BCUT2D eigenvalue weighted by molar-refractivity contribution is 0.174. The third-order valence-electron chi connectivity index (χ3n) is 4.20. The highest BCUT2D eigenvalue weighted by molar-refractivity contribution is 7.92. The second-order valence-electron chi connectivity index (χ2n) is 5.87. The van der Waals surface area contributed by atoms with Crippen molar-refractivity contribution in [3.8, 4) is 11.5 Å². The Morgan fingerprint density at radius 1 is 1.15 bits per heavy atom. The monoisotopic (exact) mass is 376 g/mol. The van der Waals surface area contributed by atoms with Crippen LogP contribution in [-0.4, -0.2) is 19.8 Å². The standard InChI is InChI=1S/C17H16N2O6S/c1-3-19-12-6-10(2)16(8-14(12)25-17(19)20)26(21,22)18-11-4-5-13-15(7-11)24-9-23-13/h4-8,18H,3,9H2,1-2H3. The van der Waals surface area contributed by atoms with Crippen LogP contribution in [0.25, 0.3) is 11.1 Å². The Kier molecular flexibility index (Phi) is 3.69. The summed E-state index contributed by atoms with van der Waals surface area (Å²) >= 11 is 0. The third kappa shape index (κ3) is 2.60. The van der Waals surface area contributed by atoms with E-state index in [9.17, 15) is 13.2 Å². The number of benzene rings is 2. The summed E-state index contributed by atoms with van der Waals surface area (Å²) in [6.45, 7) is 4.03. The second-order valence-corrected chi connectivity index (χ2v) is 7.52. The summed E-state index contributed by atoms with van der Waals surface area (Å²) < 4.78 is 45.2. The maximum absolute atomic E-state index is 12.8. The second kappa shape index (κ2) is 5.80. The Bertz CT molecular complexity index is 1180. The smallest absolute Gasteiger partial charge is 0.419 e. The SMILES string of the molecule is CCn1c(=O)oc2cc(S(=O)(=O)Nc3ccc4c(c3)OCO4)c(C)cc21. The largest absolute Gasteiger partial charge is 0.454 e. The van der Waals surface area contributed by atoms with Gasteiger partial charge in [-0.1, -0.05) is 0 Å². The number of aromatic nitrogens is 1. The maximum Gasteiger partial charge on any atom is 0.419 e. The Morgan fingerprint density at radius 2 is 1.92 bits per heavy atom. The van der Waals surface area contributed by atoms with Gasteiger partial charge in [0.1, 0.15) is 0 Å². The van der Waals surface area contributed by atoms with Gasteiger partial charge in [-0.3, -0.25) is 9.29 Å². The molecular weight excluding hydrogens is 360 g/mol. The van der Waals surface area contributed by atoms with Gasteiger partial charge < -0.3 is 13.9 Å². The van der Waals surface area contributed by atoms with Gasteiger partial charge in [-0.25, -0.2) is 13.2 Å². The van der Waals surface area contributed by atoms with E-state index in [-0.39, 0.29) is 17.3 Å². The molecule has 0 fully saturated rings. The molecule has 4 rings (SSSR count). The van der Waals surface area contributed by atoms with Crippen molar-refractivity contribution in [1.82, 2.24) is 4.57 Å². The van der Waals surface area contributed by atoms with Crippen LogP contribution in [0.15, 0.2) is 44.4 Å².